The molecule has 0 spiro atoms. The van der Waals surface area contributed by atoms with Crippen LogP contribution in [0.15, 0.2) is 232 Å². The molecule has 76 heavy (non-hydrogen) atoms. The van der Waals surface area contributed by atoms with Gasteiger partial charge in [0.2, 0.25) is 0 Å². The second-order valence-corrected chi connectivity index (χ2v) is 23.4. The van der Waals surface area contributed by atoms with Gasteiger partial charge in [0.05, 0.1) is 13.7 Å². The van der Waals surface area contributed by atoms with Crippen LogP contribution in [0.2, 0.25) is 0 Å². The third-order valence-electron chi connectivity index (χ3n) is 13.5. The lowest BCUT2D eigenvalue weighted by Gasteiger charge is -2.26. The van der Waals surface area contributed by atoms with E-state index in [4.69, 9.17) is 11.3 Å². The number of carbonyl (C=O) groups is 1. The number of fused-ring (bicyclic) bond motifs is 3. The van der Waals surface area contributed by atoms with E-state index in [1.54, 1.807) is 69.7 Å². The van der Waals surface area contributed by atoms with Crippen molar-refractivity contribution in [1.29, 1.82) is 0 Å². The van der Waals surface area contributed by atoms with Gasteiger partial charge in [-0.1, -0.05) is 48.5 Å². The zero-order valence-electron chi connectivity index (χ0n) is 42.2. The van der Waals surface area contributed by atoms with Gasteiger partial charge in [-0.05, 0) is 227 Å². The number of rotatable bonds is 15. The summed E-state index contributed by atoms with van der Waals surface area (Å²) in [6.45, 7) is 8.28. The van der Waals surface area contributed by atoms with E-state index in [1.807, 2.05) is 0 Å². The van der Waals surface area contributed by atoms with Crippen molar-refractivity contribution in [2.24, 2.45) is 0 Å². The number of hydrogen-bond donors (Lipinski definition) is 0. The van der Waals surface area contributed by atoms with E-state index in [0.29, 0.717) is 5.57 Å². The van der Waals surface area contributed by atoms with Crippen molar-refractivity contribution in [1.82, 2.24) is 0 Å². The lowest BCUT2D eigenvalue weighted by atomic mass is 9.98. The Morgan fingerprint density at radius 2 is 0.671 bits per heavy atom. The summed E-state index contributed by atoms with van der Waals surface area (Å²) in [4.78, 5) is 31.2. The summed E-state index contributed by atoms with van der Waals surface area (Å²) in [5, 5.41) is 0. The van der Waals surface area contributed by atoms with E-state index in [0.717, 1.165) is 98.1 Å². The molecule has 0 atom stereocenters. The molecule has 11 heteroatoms. The van der Waals surface area contributed by atoms with Gasteiger partial charge in [-0.25, -0.2) is 4.85 Å². The second kappa shape index (κ2) is 22.6. The Bertz CT molecular complexity index is 3470. The molecule has 0 unspecified atom stereocenters. The molecule has 8 aromatic carbocycles. The highest BCUT2D eigenvalue weighted by atomic mass is 32.2. The van der Waals surface area contributed by atoms with Crippen LogP contribution in [0.25, 0.3) is 63.3 Å². The number of thiophene rings is 2. The van der Waals surface area contributed by atoms with Crippen LogP contribution in [0, 0.1) is 6.57 Å². The molecule has 0 N–H and O–H groups in total. The summed E-state index contributed by atoms with van der Waals surface area (Å²) in [6, 6.07) is 73.9. The van der Waals surface area contributed by atoms with Crippen LogP contribution >= 0.6 is 69.7 Å². The third-order valence-corrected chi connectivity index (χ3v) is 18.9. The van der Waals surface area contributed by atoms with Gasteiger partial charge >= 0.3 is 5.97 Å². The number of esters is 1. The Morgan fingerprint density at radius 3 is 0.947 bits per heavy atom. The zero-order chi connectivity index (χ0) is 52.3. The molecule has 1 aliphatic carbocycles. The van der Waals surface area contributed by atoms with Crippen molar-refractivity contribution in [3.63, 3.8) is 0 Å². The van der Waals surface area contributed by atoms with Gasteiger partial charge in [0.1, 0.15) is 0 Å². The first-order valence-corrected chi connectivity index (χ1v) is 30.9. The van der Waals surface area contributed by atoms with Gasteiger partial charge in [-0.3, -0.25) is 4.79 Å². The number of nitrogens with zero attached hydrogens (tertiary/aromatic N) is 3. The number of anilines is 6. The molecule has 2 aromatic heterocycles. The molecular formula is C65H49N3O2S6. The SMILES string of the molecule is [C-]#[N+]C(C(=O)OC)=C1c2cc(-c3ccc(-c4ccc(N(c5ccc(SC)cc5)c5ccc(SC)cc5)cc4)s3)ccc2-c2ccc(-c3ccc(-c4ccc(N(c5ccc(SC)cc5)c5ccc(SC)cc5)cc4)s3)cc21. The molecule has 0 saturated carbocycles. The molecular weight excluding hydrogens is 1050 g/mol. The Kier molecular flexibility index (Phi) is 15.2. The summed E-state index contributed by atoms with van der Waals surface area (Å²) >= 11 is 10.4. The number of methoxy groups -OCH3 is 1. The van der Waals surface area contributed by atoms with Crippen LogP contribution in [0.4, 0.5) is 34.1 Å². The molecule has 0 radical (unpaired) electrons. The van der Waals surface area contributed by atoms with Crippen LogP contribution in [0.5, 0.6) is 0 Å². The van der Waals surface area contributed by atoms with Crippen LogP contribution in [-0.2, 0) is 9.53 Å². The van der Waals surface area contributed by atoms with Gasteiger partial charge in [0, 0.05) is 78.8 Å². The molecule has 1 aliphatic rings. The van der Waals surface area contributed by atoms with E-state index in [1.165, 1.54) is 26.7 Å². The molecule has 10 aromatic rings. The first-order chi connectivity index (χ1) is 37.3. The van der Waals surface area contributed by atoms with E-state index in [2.05, 4.69) is 246 Å². The van der Waals surface area contributed by atoms with E-state index in [9.17, 15) is 4.79 Å². The Morgan fingerprint density at radius 1 is 0.395 bits per heavy atom. The fraction of sp³-hybridized carbons (Fsp3) is 0.0769. The molecule has 11 rings (SSSR count). The Hall–Kier alpha value is -7.14. The van der Waals surface area contributed by atoms with Gasteiger partial charge in [-0.2, -0.15) is 0 Å². The van der Waals surface area contributed by atoms with Crippen LogP contribution in [0.3, 0.4) is 0 Å². The molecule has 372 valence electrons. The van der Waals surface area contributed by atoms with Crippen LogP contribution in [-0.4, -0.2) is 38.1 Å². The smallest absolute Gasteiger partial charge is 0.336 e. The highest BCUT2D eigenvalue weighted by Crippen LogP contribution is 2.50. The second-order valence-electron chi connectivity index (χ2n) is 17.7. The summed E-state index contributed by atoms with van der Waals surface area (Å²) in [5.41, 5.74) is 15.0. The standard InChI is InChI=1S/C65H49N3O2S6/c1-66-64(65(69)70-2)63-57-39-43(61-37-35-59(75-61)41-7-13-45(14-8-41)67(47-17-25-51(71-3)26-18-47)48-19-27-52(72-4)28-20-48)11-33-55(57)56-34-12-44(40-58(56)63)62-38-36-60(76-62)42-9-15-46(16-10-42)68(49-21-29-53(73-5)30-22-49)50-23-31-54(74-6)32-24-50/h7-40H,2-6H3. The number of carbonyl (C=O) groups excluding carboxylic acids is 1. The van der Waals surface area contributed by atoms with Crippen molar-refractivity contribution in [2.75, 3.05) is 41.9 Å². The topological polar surface area (TPSA) is 37.1 Å². The fourth-order valence-corrected chi connectivity index (χ4v) is 13.3. The predicted octanol–water partition coefficient (Wildman–Crippen LogP) is 20.1. The molecule has 0 fully saturated rings. The Labute approximate surface area is 470 Å². The van der Waals surface area contributed by atoms with E-state index < -0.39 is 5.97 Å². The van der Waals surface area contributed by atoms with Crippen molar-refractivity contribution in [3.8, 4) is 52.9 Å². The summed E-state index contributed by atoms with van der Waals surface area (Å²) in [6.07, 6.45) is 8.40. The summed E-state index contributed by atoms with van der Waals surface area (Å²) in [7, 11) is 1.34. The van der Waals surface area contributed by atoms with Gasteiger partial charge < -0.3 is 14.5 Å². The minimum Gasteiger partial charge on any atom is -0.474 e. The first kappa shape index (κ1) is 51.0. The minimum absolute atomic E-state index is 0.0282. The monoisotopic (exact) mass is 1100 g/mol. The zero-order valence-corrected chi connectivity index (χ0v) is 47.1. The quantitative estimate of drug-likeness (QED) is 0.0435. The highest BCUT2D eigenvalue weighted by molar-refractivity contribution is 7.99. The largest absolute Gasteiger partial charge is 0.474 e. The van der Waals surface area contributed by atoms with Crippen LogP contribution < -0.4 is 9.80 Å². The lowest BCUT2D eigenvalue weighted by molar-refractivity contribution is -0.135. The average molecular weight is 1100 g/mol. The number of hydrogen-bond acceptors (Lipinski definition) is 10. The van der Waals surface area contributed by atoms with E-state index >= 15 is 0 Å². The number of benzene rings is 8. The maximum absolute atomic E-state index is 13.4. The van der Waals surface area contributed by atoms with Crippen molar-refractivity contribution < 1.29 is 9.53 Å². The van der Waals surface area contributed by atoms with Crippen molar-refractivity contribution in [2.45, 2.75) is 19.6 Å². The van der Waals surface area contributed by atoms with E-state index in [-0.39, 0.29) is 5.70 Å². The normalized spacial score (nSPS) is 11.4. The van der Waals surface area contributed by atoms with Crippen LogP contribution in [0.1, 0.15) is 11.1 Å². The van der Waals surface area contributed by atoms with Crippen molar-refractivity contribution in [3.05, 3.63) is 234 Å². The average Bonchev–Trinajstić information content (AvgIpc) is 4.32. The minimum atomic E-state index is -0.650. The molecule has 2 heterocycles. The molecule has 0 saturated heterocycles. The first-order valence-electron chi connectivity index (χ1n) is 24.3. The summed E-state index contributed by atoms with van der Waals surface area (Å²) in [5.74, 6) is -0.650. The highest BCUT2D eigenvalue weighted by Gasteiger charge is 2.31. The predicted molar refractivity (Wildman–Crippen MR) is 331 cm³/mol. The number of thioether (sulfide) groups is 4. The lowest BCUT2D eigenvalue weighted by Crippen LogP contribution is -2.09. The maximum Gasteiger partial charge on any atom is 0.336 e. The third kappa shape index (κ3) is 10.2. The van der Waals surface area contributed by atoms with Crippen molar-refractivity contribution >= 4 is 115 Å². The molecule has 0 aliphatic heterocycles. The number of ether oxygens (including phenoxy) is 1. The van der Waals surface area contributed by atoms with Gasteiger partial charge in [0.15, 0.2) is 0 Å². The molecule has 0 bridgehead atoms. The van der Waals surface area contributed by atoms with Gasteiger partial charge in [-0.15, -0.1) is 69.7 Å². The maximum atomic E-state index is 13.4. The molecule has 0 amide bonds. The fourth-order valence-electron chi connectivity index (χ4n) is 9.64. The molecule has 5 nitrogen and oxygen atoms in total. The van der Waals surface area contributed by atoms with Gasteiger partial charge in [0.25, 0.3) is 5.70 Å². The Balaban J connectivity index is 0.872. The summed E-state index contributed by atoms with van der Waals surface area (Å²) < 4.78 is 5.25.